The SMILES string of the molecule is CCC(=O)c1cccc(Nc2ncnc(N3CC(Oc4ccc(Cl)cc4F)C3)c2F)c1. The quantitative estimate of drug-likeness (QED) is 0.516. The Morgan fingerprint density at radius 3 is 2.77 bits per heavy atom. The summed E-state index contributed by atoms with van der Waals surface area (Å²) in [7, 11) is 0. The number of benzene rings is 2. The molecule has 2 aromatic carbocycles. The largest absolute Gasteiger partial charge is 0.484 e. The lowest BCUT2D eigenvalue weighted by molar-refractivity contribution is 0.0988. The van der Waals surface area contributed by atoms with Crippen molar-refractivity contribution in [1.82, 2.24) is 9.97 Å². The number of halogens is 3. The molecule has 0 aliphatic carbocycles. The molecule has 0 bridgehead atoms. The summed E-state index contributed by atoms with van der Waals surface area (Å²) in [6, 6.07) is 11.0. The second-order valence-corrected chi connectivity index (χ2v) is 7.50. The van der Waals surface area contributed by atoms with Crippen molar-refractivity contribution in [2.24, 2.45) is 0 Å². The van der Waals surface area contributed by atoms with Gasteiger partial charge in [0.05, 0.1) is 13.1 Å². The molecule has 9 heteroatoms. The molecule has 0 unspecified atom stereocenters. The lowest BCUT2D eigenvalue weighted by atomic mass is 10.1. The van der Waals surface area contributed by atoms with Gasteiger partial charge in [-0.15, -0.1) is 0 Å². The van der Waals surface area contributed by atoms with Gasteiger partial charge in [-0.3, -0.25) is 4.79 Å². The molecular weight excluding hydrogens is 426 g/mol. The van der Waals surface area contributed by atoms with E-state index >= 15 is 4.39 Å². The summed E-state index contributed by atoms with van der Waals surface area (Å²) >= 11 is 5.74. The smallest absolute Gasteiger partial charge is 0.208 e. The lowest BCUT2D eigenvalue weighted by Crippen LogP contribution is -2.54. The first-order valence-electron chi connectivity index (χ1n) is 9.72. The van der Waals surface area contributed by atoms with E-state index in [1.54, 1.807) is 42.2 Å². The zero-order chi connectivity index (χ0) is 22.0. The van der Waals surface area contributed by atoms with Gasteiger partial charge in [0.2, 0.25) is 5.82 Å². The summed E-state index contributed by atoms with van der Waals surface area (Å²) in [6.45, 7) is 2.47. The van der Waals surface area contributed by atoms with Crippen LogP contribution in [0.2, 0.25) is 5.02 Å². The first-order chi connectivity index (χ1) is 14.9. The van der Waals surface area contributed by atoms with E-state index in [-0.39, 0.29) is 34.3 Å². The van der Waals surface area contributed by atoms with E-state index in [4.69, 9.17) is 16.3 Å². The molecule has 160 valence electrons. The van der Waals surface area contributed by atoms with E-state index in [0.29, 0.717) is 30.8 Å². The number of nitrogens with one attached hydrogen (secondary N) is 1. The molecule has 6 nitrogen and oxygen atoms in total. The molecule has 0 amide bonds. The van der Waals surface area contributed by atoms with Crippen molar-refractivity contribution in [3.05, 3.63) is 71.0 Å². The van der Waals surface area contributed by atoms with Gasteiger partial charge in [0.25, 0.3) is 0 Å². The Bertz CT molecular complexity index is 1120. The zero-order valence-corrected chi connectivity index (χ0v) is 17.4. The standard InChI is InChI=1S/C22H19ClF2N4O2/c1-2-18(30)13-4-3-5-15(8-13)28-21-20(25)22(27-12-26-21)29-10-16(11-29)31-19-7-6-14(23)9-17(19)24/h3-9,12,16H,2,10-11H2,1H3,(H,26,27,28). The van der Waals surface area contributed by atoms with Crippen molar-refractivity contribution in [3.63, 3.8) is 0 Å². The van der Waals surface area contributed by atoms with Crippen LogP contribution in [-0.4, -0.2) is 34.9 Å². The first kappa shape index (κ1) is 21.0. The molecule has 1 fully saturated rings. The van der Waals surface area contributed by atoms with Crippen LogP contribution in [0, 0.1) is 11.6 Å². The van der Waals surface area contributed by atoms with Crippen molar-refractivity contribution in [1.29, 1.82) is 0 Å². The number of hydrogen-bond acceptors (Lipinski definition) is 6. The normalized spacial score (nSPS) is 13.6. The average molecular weight is 445 g/mol. The molecule has 0 spiro atoms. The Balaban J connectivity index is 1.43. The molecular formula is C22H19ClF2N4O2. The summed E-state index contributed by atoms with van der Waals surface area (Å²) < 4.78 is 34.5. The van der Waals surface area contributed by atoms with Crippen LogP contribution in [-0.2, 0) is 0 Å². The van der Waals surface area contributed by atoms with Crippen LogP contribution >= 0.6 is 11.6 Å². The molecule has 1 N–H and O–H groups in total. The van der Waals surface area contributed by atoms with E-state index in [2.05, 4.69) is 15.3 Å². The summed E-state index contributed by atoms with van der Waals surface area (Å²) in [4.78, 5) is 21.6. The highest BCUT2D eigenvalue weighted by atomic mass is 35.5. The Morgan fingerprint density at radius 2 is 2.03 bits per heavy atom. The van der Waals surface area contributed by atoms with Crippen LogP contribution in [0.4, 0.5) is 26.1 Å². The van der Waals surface area contributed by atoms with Gasteiger partial charge in [0.1, 0.15) is 12.4 Å². The summed E-state index contributed by atoms with van der Waals surface area (Å²) in [5, 5.41) is 3.19. The van der Waals surface area contributed by atoms with E-state index in [9.17, 15) is 9.18 Å². The number of rotatable bonds is 7. The summed E-state index contributed by atoms with van der Waals surface area (Å²) in [5.74, 6) is -0.952. The molecule has 0 radical (unpaired) electrons. The second kappa shape index (κ2) is 8.85. The molecule has 31 heavy (non-hydrogen) atoms. The van der Waals surface area contributed by atoms with Gasteiger partial charge in [0, 0.05) is 22.7 Å². The van der Waals surface area contributed by atoms with Gasteiger partial charge in [-0.05, 0) is 30.3 Å². The third-order valence-electron chi connectivity index (χ3n) is 4.87. The first-order valence-corrected chi connectivity index (χ1v) is 10.1. The van der Waals surface area contributed by atoms with E-state index < -0.39 is 11.6 Å². The average Bonchev–Trinajstić information content (AvgIpc) is 2.73. The van der Waals surface area contributed by atoms with Crippen LogP contribution < -0.4 is 15.0 Å². The summed E-state index contributed by atoms with van der Waals surface area (Å²) in [6.07, 6.45) is 1.33. The topological polar surface area (TPSA) is 67.4 Å². The second-order valence-electron chi connectivity index (χ2n) is 7.06. The third kappa shape index (κ3) is 4.59. The van der Waals surface area contributed by atoms with Crippen molar-refractivity contribution >= 4 is 34.7 Å². The van der Waals surface area contributed by atoms with Crippen molar-refractivity contribution in [2.45, 2.75) is 19.4 Å². The number of carbonyl (C=O) groups is 1. The van der Waals surface area contributed by atoms with Crippen molar-refractivity contribution in [2.75, 3.05) is 23.3 Å². The van der Waals surface area contributed by atoms with Crippen LogP contribution in [0.1, 0.15) is 23.7 Å². The van der Waals surface area contributed by atoms with Crippen LogP contribution in [0.25, 0.3) is 0 Å². The fourth-order valence-corrected chi connectivity index (χ4v) is 3.37. The van der Waals surface area contributed by atoms with Gasteiger partial charge >= 0.3 is 0 Å². The molecule has 1 aromatic heterocycles. The van der Waals surface area contributed by atoms with E-state index in [1.165, 1.54) is 18.5 Å². The minimum Gasteiger partial charge on any atom is -0.484 e. The Labute approximate surface area is 182 Å². The van der Waals surface area contributed by atoms with Gasteiger partial charge in [-0.1, -0.05) is 30.7 Å². The number of hydrogen-bond donors (Lipinski definition) is 1. The van der Waals surface area contributed by atoms with Crippen molar-refractivity contribution in [3.8, 4) is 5.75 Å². The van der Waals surface area contributed by atoms with Gasteiger partial charge < -0.3 is 15.0 Å². The molecule has 3 aromatic rings. The van der Waals surface area contributed by atoms with E-state index in [1.807, 2.05) is 0 Å². The molecule has 0 saturated carbocycles. The molecule has 2 heterocycles. The van der Waals surface area contributed by atoms with Crippen molar-refractivity contribution < 1.29 is 18.3 Å². The molecule has 1 aliphatic rings. The number of anilines is 3. The van der Waals surface area contributed by atoms with Crippen LogP contribution in [0.15, 0.2) is 48.8 Å². The van der Waals surface area contributed by atoms with Gasteiger partial charge in [-0.25, -0.2) is 14.4 Å². The Morgan fingerprint density at radius 1 is 1.23 bits per heavy atom. The minimum absolute atomic E-state index is 0.000730. The minimum atomic E-state index is -0.620. The fraction of sp³-hybridized carbons (Fsp3) is 0.227. The number of nitrogens with zero attached hydrogens (tertiary/aromatic N) is 3. The highest BCUT2D eigenvalue weighted by Gasteiger charge is 2.33. The predicted molar refractivity (Wildman–Crippen MR) is 114 cm³/mol. The number of Topliss-reactive ketones (excluding diaryl/α,β-unsaturated/α-hetero) is 1. The molecule has 4 rings (SSSR count). The number of ketones is 1. The monoisotopic (exact) mass is 444 g/mol. The van der Waals surface area contributed by atoms with Gasteiger partial charge in [-0.2, -0.15) is 4.39 Å². The van der Waals surface area contributed by atoms with E-state index in [0.717, 1.165) is 0 Å². The highest BCUT2D eigenvalue weighted by molar-refractivity contribution is 6.30. The highest BCUT2D eigenvalue weighted by Crippen LogP contribution is 2.30. The molecule has 1 saturated heterocycles. The maximum absolute atomic E-state index is 15.0. The fourth-order valence-electron chi connectivity index (χ4n) is 3.22. The number of aromatic nitrogens is 2. The zero-order valence-electron chi connectivity index (χ0n) is 16.6. The maximum Gasteiger partial charge on any atom is 0.208 e. The molecule has 1 aliphatic heterocycles. The Hall–Kier alpha value is -3.26. The van der Waals surface area contributed by atoms with Crippen LogP contribution in [0.5, 0.6) is 5.75 Å². The predicted octanol–water partition coefficient (Wildman–Crippen LogP) is 5.01. The molecule has 0 atom stereocenters. The summed E-state index contributed by atoms with van der Waals surface area (Å²) in [5.41, 5.74) is 1.09. The van der Waals surface area contributed by atoms with Gasteiger partial charge in [0.15, 0.2) is 29.0 Å². The number of ether oxygens (including phenoxy) is 1. The Kier molecular flexibility index (Phi) is 5.99. The third-order valence-corrected chi connectivity index (χ3v) is 5.11. The number of carbonyl (C=O) groups excluding carboxylic acids is 1. The van der Waals surface area contributed by atoms with Crippen LogP contribution in [0.3, 0.4) is 0 Å². The maximum atomic E-state index is 15.0. The lowest BCUT2D eigenvalue weighted by Gasteiger charge is -2.39.